The summed E-state index contributed by atoms with van der Waals surface area (Å²) in [5, 5.41) is 9.20. The van der Waals surface area contributed by atoms with E-state index in [2.05, 4.69) is 33.8 Å². The van der Waals surface area contributed by atoms with Gasteiger partial charge in [-0.15, -0.1) is 0 Å². The van der Waals surface area contributed by atoms with Crippen molar-refractivity contribution in [3.63, 3.8) is 0 Å². The van der Waals surface area contributed by atoms with Gasteiger partial charge < -0.3 is 9.67 Å². The van der Waals surface area contributed by atoms with E-state index in [-0.39, 0.29) is 12.4 Å². The first-order valence-corrected chi connectivity index (χ1v) is 10.8. The van der Waals surface area contributed by atoms with E-state index in [4.69, 9.17) is 4.98 Å². The van der Waals surface area contributed by atoms with Gasteiger partial charge in [0.05, 0.1) is 11.4 Å². The maximum Gasteiger partial charge on any atom is 0.133 e. The Morgan fingerprint density at radius 2 is 1.66 bits per heavy atom. The largest absolute Gasteiger partial charge is 0.396 e. The number of benzene rings is 2. The zero-order valence-corrected chi connectivity index (χ0v) is 17.9. The van der Waals surface area contributed by atoms with Crippen LogP contribution in [0.25, 0.3) is 28.6 Å². The van der Waals surface area contributed by atoms with E-state index in [1.165, 1.54) is 17.7 Å². The van der Waals surface area contributed by atoms with Gasteiger partial charge in [0.15, 0.2) is 0 Å². The Morgan fingerprint density at radius 1 is 0.906 bits per heavy atom. The molecule has 2 aromatic carbocycles. The first kappa shape index (κ1) is 21.7. The minimum atomic E-state index is -0.274. The number of hydrogen-bond donors (Lipinski definition) is 1. The van der Waals surface area contributed by atoms with E-state index in [1.807, 2.05) is 30.4 Å². The van der Waals surface area contributed by atoms with Crippen LogP contribution >= 0.6 is 0 Å². The molecule has 32 heavy (non-hydrogen) atoms. The summed E-state index contributed by atoms with van der Waals surface area (Å²) >= 11 is 0. The van der Waals surface area contributed by atoms with Gasteiger partial charge in [-0.3, -0.25) is 4.98 Å². The number of halogens is 1. The van der Waals surface area contributed by atoms with E-state index in [0.717, 1.165) is 47.7 Å². The fraction of sp³-hybridized carbons (Fsp3) is 0.185. The average Bonchev–Trinajstić information content (AvgIpc) is 3.19. The van der Waals surface area contributed by atoms with E-state index in [9.17, 15) is 9.50 Å². The molecule has 0 saturated carbocycles. The summed E-state index contributed by atoms with van der Waals surface area (Å²) in [6.07, 6.45) is 9.89. The molecule has 0 aliphatic rings. The topological polar surface area (TPSA) is 50.9 Å². The number of rotatable bonds is 9. The number of pyridine rings is 1. The Labute approximate surface area is 187 Å². The Balaban J connectivity index is 1.77. The molecule has 4 nitrogen and oxygen atoms in total. The molecule has 1 N–H and O–H groups in total. The highest BCUT2D eigenvalue weighted by Crippen LogP contribution is 2.33. The molecule has 4 aromatic rings. The molecule has 2 aromatic heterocycles. The minimum absolute atomic E-state index is 0.0905. The van der Waals surface area contributed by atoms with Crippen molar-refractivity contribution >= 4 is 6.08 Å². The molecule has 5 heteroatoms. The summed E-state index contributed by atoms with van der Waals surface area (Å²) in [7, 11) is 0. The van der Waals surface area contributed by atoms with Crippen LogP contribution in [-0.2, 0) is 13.0 Å². The Morgan fingerprint density at radius 3 is 2.38 bits per heavy atom. The van der Waals surface area contributed by atoms with Gasteiger partial charge >= 0.3 is 0 Å². The minimum Gasteiger partial charge on any atom is -0.396 e. The first-order valence-electron chi connectivity index (χ1n) is 10.8. The predicted molar refractivity (Wildman–Crippen MR) is 126 cm³/mol. The molecule has 0 amide bonds. The summed E-state index contributed by atoms with van der Waals surface area (Å²) in [5.41, 5.74) is 4.95. The number of hydrogen-bond acceptors (Lipinski definition) is 3. The molecule has 0 radical (unpaired) electrons. The smallest absolute Gasteiger partial charge is 0.133 e. The summed E-state index contributed by atoms with van der Waals surface area (Å²) in [6, 6.07) is 20.8. The van der Waals surface area contributed by atoms with Crippen LogP contribution in [0.2, 0.25) is 0 Å². The summed E-state index contributed by atoms with van der Waals surface area (Å²) < 4.78 is 15.8. The van der Waals surface area contributed by atoms with Crippen LogP contribution in [0.3, 0.4) is 0 Å². The van der Waals surface area contributed by atoms with Crippen molar-refractivity contribution in [3.05, 3.63) is 102 Å². The highest BCUT2D eigenvalue weighted by Gasteiger charge is 2.19. The quantitative estimate of drug-likeness (QED) is 0.368. The number of imidazole rings is 1. The van der Waals surface area contributed by atoms with Crippen LogP contribution in [0.4, 0.5) is 4.39 Å². The lowest BCUT2D eigenvalue weighted by molar-refractivity contribution is 0.303. The fourth-order valence-electron chi connectivity index (χ4n) is 3.78. The zero-order chi connectivity index (χ0) is 22.2. The monoisotopic (exact) mass is 427 g/mol. The lowest BCUT2D eigenvalue weighted by atomic mass is 10.1. The van der Waals surface area contributed by atoms with Crippen LogP contribution < -0.4 is 0 Å². The molecule has 0 atom stereocenters. The molecule has 0 aliphatic heterocycles. The van der Waals surface area contributed by atoms with Gasteiger partial charge in [0, 0.05) is 36.7 Å². The van der Waals surface area contributed by atoms with Crippen molar-refractivity contribution in [1.82, 2.24) is 14.5 Å². The standard InChI is InChI=1S/C27H26FN3O/c28-24-13-11-22(12-14-24)26-27(23-15-17-29-18-16-23)31(25(30-26)10-4-5-20-32)19-6-9-21-7-2-1-3-8-21/h1-4,7-8,10-18,32H,5-6,9,19-20H2/b10-4-. The van der Waals surface area contributed by atoms with Crippen LogP contribution in [0.5, 0.6) is 0 Å². The van der Waals surface area contributed by atoms with E-state index >= 15 is 0 Å². The number of nitrogens with zero attached hydrogens (tertiary/aromatic N) is 3. The molecule has 162 valence electrons. The van der Waals surface area contributed by atoms with Gasteiger partial charge in [0.25, 0.3) is 0 Å². The van der Waals surface area contributed by atoms with Crippen molar-refractivity contribution in [3.8, 4) is 22.5 Å². The lowest BCUT2D eigenvalue weighted by Crippen LogP contribution is -2.04. The third-order valence-corrected chi connectivity index (χ3v) is 5.32. The molecule has 0 spiro atoms. The second kappa shape index (κ2) is 10.6. The molecule has 0 fully saturated rings. The third-order valence-electron chi connectivity index (χ3n) is 5.32. The van der Waals surface area contributed by atoms with Crippen LogP contribution in [0.15, 0.2) is 85.2 Å². The summed E-state index contributed by atoms with van der Waals surface area (Å²) in [6.45, 7) is 0.868. The van der Waals surface area contributed by atoms with Crippen LogP contribution in [0.1, 0.15) is 24.2 Å². The first-order chi connectivity index (χ1) is 15.8. The van der Waals surface area contributed by atoms with Crippen molar-refractivity contribution in [2.45, 2.75) is 25.8 Å². The Kier molecular flexibility index (Phi) is 7.20. The van der Waals surface area contributed by atoms with Crippen LogP contribution in [-0.4, -0.2) is 26.2 Å². The van der Waals surface area contributed by atoms with Gasteiger partial charge in [0.1, 0.15) is 11.6 Å². The van der Waals surface area contributed by atoms with Gasteiger partial charge in [-0.05, 0) is 67.3 Å². The molecule has 0 saturated heterocycles. The second-order valence-electron chi connectivity index (χ2n) is 7.57. The maximum atomic E-state index is 13.6. The average molecular weight is 428 g/mol. The molecular weight excluding hydrogens is 401 g/mol. The highest BCUT2D eigenvalue weighted by atomic mass is 19.1. The Bertz CT molecular complexity index is 1150. The number of aromatic nitrogens is 3. The molecule has 4 rings (SSSR count). The lowest BCUT2D eigenvalue weighted by Gasteiger charge is -2.12. The summed E-state index contributed by atoms with van der Waals surface area (Å²) in [5.74, 6) is 0.544. The van der Waals surface area contributed by atoms with Gasteiger partial charge in [0.2, 0.25) is 0 Å². The van der Waals surface area contributed by atoms with Crippen molar-refractivity contribution in [1.29, 1.82) is 0 Å². The highest BCUT2D eigenvalue weighted by molar-refractivity contribution is 5.80. The van der Waals surface area contributed by atoms with Crippen LogP contribution in [0, 0.1) is 5.82 Å². The SMILES string of the molecule is OCC/C=C\c1nc(-c2ccc(F)cc2)c(-c2ccncc2)n1CCCc1ccccc1. The molecule has 0 unspecified atom stereocenters. The predicted octanol–water partition coefficient (Wildman–Crippen LogP) is 5.78. The molecule has 0 aliphatic carbocycles. The summed E-state index contributed by atoms with van der Waals surface area (Å²) in [4.78, 5) is 9.10. The fourth-order valence-corrected chi connectivity index (χ4v) is 3.78. The van der Waals surface area contributed by atoms with E-state index in [1.54, 1.807) is 24.5 Å². The van der Waals surface area contributed by atoms with Crippen molar-refractivity contribution < 1.29 is 9.50 Å². The van der Waals surface area contributed by atoms with Crippen molar-refractivity contribution in [2.24, 2.45) is 0 Å². The molecule has 0 bridgehead atoms. The zero-order valence-electron chi connectivity index (χ0n) is 17.9. The molecular formula is C27H26FN3O. The van der Waals surface area contributed by atoms with E-state index in [0.29, 0.717) is 6.42 Å². The number of aliphatic hydroxyl groups excluding tert-OH is 1. The van der Waals surface area contributed by atoms with Crippen molar-refractivity contribution in [2.75, 3.05) is 6.61 Å². The maximum absolute atomic E-state index is 13.6. The number of aliphatic hydroxyl groups is 1. The normalized spacial score (nSPS) is 11.3. The third kappa shape index (κ3) is 5.18. The Hall–Kier alpha value is -3.57. The van der Waals surface area contributed by atoms with Gasteiger partial charge in [-0.2, -0.15) is 0 Å². The van der Waals surface area contributed by atoms with Gasteiger partial charge in [-0.1, -0.05) is 36.4 Å². The number of aryl methyl sites for hydroxylation is 1. The van der Waals surface area contributed by atoms with E-state index < -0.39 is 0 Å². The second-order valence-corrected chi connectivity index (χ2v) is 7.57. The molecule has 2 heterocycles. The van der Waals surface area contributed by atoms with Gasteiger partial charge in [-0.25, -0.2) is 9.37 Å².